The second-order valence-corrected chi connectivity index (χ2v) is 3.62. The molecule has 0 radical (unpaired) electrons. The number of carbonyl (C=O) groups excluding carboxylic acids is 1. The number of ether oxygens (including phenoxy) is 1. The van der Waals surface area contributed by atoms with Gasteiger partial charge < -0.3 is 15.8 Å². The number of benzene rings is 1. The molecule has 7 nitrogen and oxygen atoms in total. The van der Waals surface area contributed by atoms with Gasteiger partial charge in [-0.1, -0.05) is 12.1 Å². The molecule has 0 saturated carbocycles. The summed E-state index contributed by atoms with van der Waals surface area (Å²) in [5.74, 6) is -0.374. The van der Waals surface area contributed by atoms with Gasteiger partial charge in [0.15, 0.2) is 0 Å². The minimum atomic E-state index is -0.549. The fourth-order valence-corrected chi connectivity index (χ4v) is 1.41. The van der Waals surface area contributed by atoms with Crippen molar-refractivity contribution < 1.29 is 14.5 Å². The molecule has 0 aliphatic heterocycles. The lowest BCUT2D eigenvalue weighted by Gasteiger charge is -2.12. The Labute approximate surface area is 104 Å². The topological polar surface area (TPSA) is 107 Å². The Hall–Kier alpha value is -1.99. The van der Waals surface area contributed by atoms with E-state index in [0.717, 1.165) is 0 Å². The molecular formula is C11H15N3O4. The first-order valence-corrected chi connectivity index (χ1v) is 5.34. The number of hydrogen-bond donors (Lipinski definition) is 2. The zero-order valence-electron chi connectivity index (χ0n) is 9.96. The Bertz CT molecular complexity index is 432. The maximum Gasteiger partial charge on any atom is 0.292 e. The molecule has 0 fully saturated rings. The second-order valence-electron chi connectivity index (χ2n) is 3.62. The van der Waals surface area contributed by atoms with E-state index in [9.17, 15) is 14.9 Å². The molecule has 1 atom stereocenters. The molecule has 1 aromatic rings. The van der Waals surface area contributed by atoms with Crippen LogP contribution in [-0.2, 0) is 9.53 Å². The Kier molecular flexibility index (Phi) is 5.22. The molecule has 1 rings (SSSR count). The summed E-state index contributed by atoms with van der Waals surface area (Å²) in [7, 11) is 1.45. The van der Waals surface area contributed by atoms with Crippen LogP contribution in [-0.4, -0.2) is 30.6 Å². The number of anilines is 1. The van der Waals surface area contributed by atoms with Crippen LogP contribution in [0.2, 0.25) is 0 Å². The Morgan fingerprint density at radius 1 is 1.56 bits per heavy atom. The maximum atomic E-state index is 11.6. The maximum absolute atomic E-state index is 11.6. The summed E-state index contributed by atoms with van der Waals surface area (Å²) in [4.78, 5) is 21.8. The van der Waals surface area contributed by atoms with Crippen molar-refractivity contribution in [3.63, 3.8) is 0 Å². The molecule has 1 aromatic carbocycles. The van der Waals surface area contributed by atoms with E-state index in [1.54, 1.807) is 6.07 Å². The van der Waals surface area contributed by atoms with Gasteiger partial charge in [-0.25, -0.2) is 0 Å². The lowest BCUT2D eigenvalue weighted by atomic mass is 10.2. The van der Waals surface area contributed by atoms with E-state index in [1.165, 1.54) is 25.3 Å². The van der Waals surface area contributed by atoms with Gasteiger partial charge >= 0.3 is 0 Å². The van der Waals surface area contributed by atoms with Crippen molar-refractivity contribution in [3.8, 4) is 0 Å². The number of nitrogens with two attached hydrogens (primary N) is 1. The summed E-state index contributed by atoms with van der Waals surface area (Å²) >= 11 is 0. The van der Waals surface area contributed by atoms with Gasteiger partial charge in [0.1, 0.15) is 5.69 Å². The zero-order chi connectivity index (χ0) is 13.5. The molecule has 7 heteroatoms. The summed E-state index contributed by atoms with van der Waals surface area (Å²) in [6, 6.07) is 5.94. The molecule has 0 aliphatic rings. The van der Waals surface area contributed by atoms with E-state index >= 15 is 0 Å². The third kappa shape index (κ3) is 3.79. The lowest BCUT2D eigenvalue weighted by molar-refractivity contribution is -0.383. The van der Waals surface area contributed by atoms with Gasteiger partial charge in [0.2, 0.25) is 5.91 Å². The quantitative estimate of drug-likeness (QED) is 0.578. The molecule has 98 valence electrons. The number of amides is 1. The molecule has 1 unspecified atom stereocenters. The number of nitro benzene ring substituents is 1. The van der Waals surface area contributed by atoms with Crippen LogP contribution in [0.5, 0.6) is 0 Å². The molecule has 0 heterocycles. The molecule has 0 aromatic heterocycles. The molecule has 3 N–H and O–H groups in total. The zero-order valence-corrected chi connectivity index (χ0v) is 9.96. The van der Waals surface area contributed by atoms with Crippen molar-refractivity contribution in [3.05, 3.63) is 34.4 Å². The predicted molar refractivity (Wildman–Crippen MR) is 66.2 cm³/mol. The van der Waals surface area contributed by atoms with Crippen LogP contribution in [0.1, 0.15) is 6.42 Å². The number of hydrogen-bond acceptors (Lipinski definition) is 5. The molecule has 0 spiro atoms. The third-order valence-electron chi connectivity index (χ3n) is 2.38. The lowest BCUT2D eigenvalue weighted by Crippen LogP contribution is -2.28. The monoisotopic (exact) mass is 253 g/mol. The number of nitrogens with zero attached hydrogens (tertiary/aromatic N) is 1. The number of methoxy groups -OCH3 is 1. The van der Waals surface area contributed by atoms with E-state index in [2.05, 4.69) is 5.32 Å². The van der Waals surface area contributed by atoms with Crippen LogP contribution < -0.4 is 11.1 Å². The van der Waals surface area contributed by atoms with E-state index < -0.39 is 11.0 Å². The van der Waals surface area contributed by atoms with E-state index in [-0.39, 0.29) is 30.2 Å². The SMILES string of the molecule is COC(CN)CC(=O)Nc1ccccc1[N+](=O)[O-]. The molecular weight excluding hydrogens is 238 g/mol. The average molecular weight is 253 g/mol. The smallest absolute Gasteiger partial charge is 0.292 e. The Morgan fingerprint density at radius 2 is 2.22 bits per heavy atom. The largest absolute Gasteiger partial charge is 0.380 e. The minimum Gasteiger partial charge on any atom is -0.380 e. The number of para-hydroxylation sites is 2. The van der Waals surface area contributed by atoms with Gasteiger partial charge in [-0.3, -0.25) is 14.9 Å². The van der Waals surface area contributed by atoms with Crippen molar-refractivity contribution in [1.82, 2.24) is 0 Å². The van der Waals surface area contributed by atoms with Crippen LogP contribution >= 0.6 is 0 Å². The Balaban J connectivity index is 2.73. The molecule has 0 aliphatic carbocycles. The standard InChI is InChI=1S/C11H15N3O4/c1-18-8(7-12)6-11(15)13-9-4-2-3-5-10(9)14(16)17/h2-5,8H,6-7,12H2,1H3,(H,13,15). The first-order chi connectivity index (χ1) is 8.58. The van der Waals surface area contributed by atoms with Crippen molar-refractivity contribution in [2.75, 3.05) is 19.0 Å². The van der Waals surface area contributed by atoms with Crippen molar-refractivity contribution in [2.45, 2.75) is 12.5 Å². The highest BCUT2D eigenvalue weighted by Gasteiger charge is 2.17. The number of rotatable bonds is 6. The van der Waals surface area contributed by atoms with Gasteiger partial charge in [0.25, 0.3) is 5.69 Å². The van der Waals surface area contributed by atoms with Crippen LogP contribution in [0.3, 0.4) is 0 Å². The highest BCUT2D eigenvalue weighted by atomic mass is 16.6. The highest BCUT2D eigenvalue weighted by Crippen LogP contribution is 2.23. The van der Waals surface area contributed by atoms with E-state index in [0.29, 0.717) is 0 Å². The van der Waals surface area contributed by atoms with Gasteiger partial charge in [0, 0.05) is 19.7 Å². The number of carbonyl (C=O) groups is 1. The first-order valence-electron chi connectivity index (χ1n) is 5.34. The summed E-state index contributed by atoms with van der Waals surface area (Å²) in [6.45, 7) is 0.209. The summed E-state index contributed by atoms with van der Waals surface area (Å²) in [5, 5.41) is 13.2. The number of nitrogens with one attached hydrogen (secondary N) is 1. The summed E-state index contributed by atoms with van der Waals surface area (Å²) < 4.78 is 4.97. The van der Waals surface area contributed by atoms with Crippen LogP contribution in [0.15, 0.2) is 24.3 Å². The predicted octanol–water partition coefficient (Wildman–Crippen LogP) is 0.897. The third-order valence-corrected chi connectivity index (χ3v) is 2.38. The second kappa shape index (κ2) is 6.67. The van der Waals surface area contributed by atoms with E-state index in [1.807, 2.05) is 0 Å². The van der Waals surface area contributed by atoms with Gasteiger partial charge in [0.05, 0.1) is 17.4 Å². The summed E-state index contributed by atoms with van der Waals surface area (Å²) in [6.07, 6.45) is -0.341. The van der Waals surface area contributed by atoms with Crippen molar-refractivity contribution in [1.29, 1.82) is 0 Å². The molecule has 18 heavy (non-hydrogen) atoms. The molecule has 0 saturated heterocycles. The highest BCUT2D eigenvalue weighted by molar-refractivity contribution is 5.93. The fraction of sp³-hybridized carbons (Fsp3) is 0.364. The number of nitro groups is 1. The molecule has 1 amide bonds. The van der Waals surface area contributed by atoms with Crippen LogP contribution in [0, 0.1) is 10.1 Å². The van der Waals surface area contributed by atoms with Crippen LogP contribution in [0.4, 0.5) is 11.4 Å². The van der Waals surface area contributed by atoms with Crippen molar-refractivity contribution >= 4 is 17.3 Å². The Morgan fingerprint density at radius 3 is 2.78 bits per heavy atom. The first kappa shape index (κ1) is 14.1. The van der Waals surface area contributed by atoms with Crippen LogP contribution in [0.25, 0.3) is 0 Å². The summed E-state index contributed by atoms with van der Waals surface area (Å²) in [5.41, 5.74) is 5.41. The van der Waals surface area contributed by atoms with Crippen molar-refractivity contribution in [2.24, 2.45) is 5.73 Å². The average Bonchev–Trinajstić information content (AvgIpc) is 2.36. The van der Waals surface area contributed by atoms with E-state index in [4.69, 9.17) is 10.5 Å². The minimum absolute atomic E-state index is 0.0546. The normalized spacial score (nSPS) is 11.9. The van der Waals surface area contributed by atoms with Gasteiger partial charge in [-0.15, -0.1) is 0 Å². The van der Waals surface area contributed by atoms with Gasteiger partial charge in [-0.2, -0.15) is 0 Å². The fourth-order valence-electron chi connectivity index (χ4n) is 1.41. The van der Waals surface area contributed by atoms with Gasteiger partial charge in [-0.05, 0) is 6.07 Å². The molecule has 0 bridgehead atoms.